The van der Waals surface area contributed by atoms with Gasteiger partial charge in [-0.15, -0.1) is 10.2 Å². The largest absolute Gasteiger partial charge is 0.338 e. The van der Waals surface area contributed by atoms with E-state index in [9.17, 15) is 4.79 Å². The second-order valence-electron chi connectivity index (χ2n) is 6.64. The highest BCUT2D eigenvalue weighted by molar-refractivity contribution is 5.94. The molecule has 1 amide bonds. The Balaban J connectivity index is 1.51. The number of nitrogens with two attached hydrogens (primary N) is 1. The fourth-order valence-electron chi connectivity index (χ4n) is 3.65. The Labute approximate surface area is 152 Å². The number of rotatable bonds is 4. The maximum atomic E-state index is 12.9. The SMILES string of the molecule is NC[C@@H]1CN(C(=O)c2ccc(-n3cnnc3)cc2)C[C@H]1c1ccccc1. The van der Waals surface area contributed by atoms with Crippen LogP contribution >= 0.6 is 0 Å². The van der Waals surface area contributed by atoms with E-state index in [-0.39, 0.29) is 11.8 Å². The molecule has 1 saturated heterocycles. The average molecular weight is 347 g/mol. The summed E-state index contributed by atoms with van der Waals surface area (Å²) < 4.78 is 1.81. The highest BCUT2D eigenvalue weighted by Gasteiger charge is 2.35. The van der Waals surface area contributed by atoms with Gasteiger partial charge in [0, 0.05) is 30.3 Å². The molecule has 1 aliphatic heterocycles. The monoisotopic (exact) mass is 347 g/mol. The molecule has 2 heterocycles. The van der Waals surface area contributed by atoms with E-state index in [2.05, 4.69) is 22.3 Å². The Morgan fingerprint density at radius 3 is 2.35 bits per heavy atom. The average Bonchev–Trinajstić information content (AvgIpc) is 3.38. The summed E-state index contributed by atoms with van der Waals surface area (Å²) in [5.41, 5.74) is 8.85. The molecule has 1 aliphatic rings. The van der Waals surface area contributed by atoms with Crippen molar-refractivity contribution in [2.45, 2.75) is 5.92 Å². The third-order valence-electron chi connectivity index (χ3n) is 5.09. The summed E-state index contributed by atoms with van der Waals surface area (Å²) in [6.07, 6.45) is 3.27. The number of hydrogen-bond donors (Lipinski definition) is 1. The molecule has 3 aromatic rings. The van der Waals surface area contributed by atoms with Crippen molar-refractivity contribution in [2.24, 2.45) is 11.7 Å². The number of nitrogens with zero attached hydrogens (tertiary/aromatic N) is 4. The lowest BCUT2D eigenvalue weighted by Gasteiger charge is -2.17. The molecule has 2 atom stereocenters. The predicted molar refractivity (Wildman–Crippen MR) is 99.0 cm³/mol. The van der Waals surface area contributed by atoms with Crippen molar-refractivity contribution in [3.8, 4) is 5.69 Å². The van der Waals surface area contributed by atoms with Crippen molar-refractivity contribution in [2.75, 3.05) is 19.6 Å². The van der Waals surface area contributed by atoms with Gasteiger partial charge < -0.3 is 10.6 Å². The van der Waals surface area contributed by atoms with Crippen LogP contribution in [0.2, 0.25) is 0 Å². The molecule has 0 saturated carbocycles. The van der Waals surface area contributed by atoms with Crippen molar-refractivity contribution >= 4 is 5.91 Å². The second kappa shape index (κ2) is 7.09. The van der Waals surface area contributed by atoms with Gasteiger partial charge in [-0.3, -0.25) is 9.36 Å². The predicted octanol–water partition coefficient (Wildman–Crippen LogP) is 2.08. The van der Waals surface area contributed by atoms with E-state index < -0.39 is 0 Å². The van der Waals surface area contributed by atoms with E-state index in [1.54, 1.807) is 17.2 Å². The lowest BCUT2D eigenvalue weighted by Crippen LogP contribution is -2.29. The topological polar surface area (TPSA) is 77.0 Å². The lowest BCUT2D eigenvalue weighted by atomic mass is 9.89. The van der Waals surface area contributed by atoms with E-state index in [4.69, 9.17) is 5.73 Å². The van der Waals surface area contributed by atoms with Crippen LogP contribution in [0.25, 0.3) is 5.69 Å². The summed E-state index contributed by atoms with van der Waals surface area (Å²) in [5, 5.41) is 7.60. The molecule has 1 aromatic heterocycles. The molecule has 4 rings (SSSR count). The molecule has 1 fully saturated rings. The van der Waals surface area contributed by atoms with E-state index >= 15 is 0 Å². The molecular weight excluding hydrogens is 326 g/mol. The number of benzene rings is 2. The Hall–Kier alpha value is -2.99. The smallest absolute Gasteiger partial charge is 0.253 e. The molecule has 2 N–H and O–H groups in total. The maximum absolute atomic E-state index is 12.9. The number of aromatic nitrogens is 3. The van der Waals surface area contributed by atoms with Crippen LogP contribution in [0.1, 0.15) is 21.8 Å². The zero-order valence-corrected chi connectivity index (χ0v) is 14.4. The minimum atomic E-state index is 0.0530. The molecule has 6 nitrogen and oxygen atoms in total. The molecule has 0 bridgehead atoms. The summed E-state index contributed by atoms with van der Waals surface area (Å²) in [5.74, 6) is 0.635. The first-order valence-corrected chi connectivity index (χ1v) is 8.75. The Morgan fingerprint density at radius 1 is 1.00 bits per heavy atom. The number of amides is 1. The van der Waals surface area contributed by atoms with Crippen molar-refractivity contribution in [1.82, 2.24) is 19.7 Å². The van der Waals surface area contributed by atoms with E-state index in [0.717, 1.165) is 5.69 Å². The van der Waals surface area contributed by atoms with E-state index in [1.165, 1.54) is 5.56 Å². The first-order chi connectivity index (χ1) is 12.8. The van der Waals surface area contributed by atoms with Crippen LogP contribution in [0, 0.1) is 5.92 Å². The molecule has 2 aromatic carbocycles. The molecule has 0 radical (unpaired) electrons. The van der Waals surface area contributed by atoms with E-state index in [0.29, 0.717) is 31.1 Å². The summed E-state index contributed by atoms with van der Waals surface area (Å²) >= 11 is 0. The van der Waals surface area contributed by atoms with Crippen molar-refractivity contribution in [3.63, 3.8) is 0 Å². The lowest BCUT2D eigenvalue weighted by molar-refractivity contribution is 0.0786. The summed E-state index contributed by atoms with van der Waals surface area (Å²) in [7, 11) is 0. The highest BCUT2D eigenvalue weighted by atomic mass is 16.2. The minimum Gasteiger partial charge on any atom is -0.338 e. The Morgan fingerprint density at radius 2 is 1.69 bits per heavy atom. The van der Waals surface area contributed by atoms with Crippen molar-refractivity contribution < 1.29 is 4.79 Å². The fraction of sp³-hybridized carbons (Fsp3) is 0.250. The van der Waals surface area contributed by atoms with Crippen LogP contribution < -0.4 is 5.73 Å². The van der Waals surface area contributed by atoms with Crippen molar-refractivity contribution in [3.05, 3.63) is 78.4 Å². The minimum absolute atomic E-state index is 0.0530. The maximum Gasteiger partial charge on any atom is 0.253 e. The van der Waals surface area contributed by atoms with Crippen LogP contribution in [0.3, 0.4) is 0 Å². The Kier molecular flexibility index (Phi) is 4.50. The summed E-state index contributed by atoms with van der Waals surface area (Å²) in [6, 6.07) is 17.8. The third kappa shape index (κ3) is 3.11. The molecule has 6 heteroatoms. The van der Waals surface area contributed by atoms with Gasteiger partial charge >= 0.3 is 0 Å². The quantitative estimate of drug-likeness (QED) is 0.784. The fourth-order valence-corrected chi connectivity index (χ4v) is 3.65. The van der Waals surface area contributed by atoms with Crippen LogP contribution in [0.5, 0.6) is 0 Å². The van der Waals surface area contributed by atoms with Gasteiger partial charge in [0.05, 0.1) is 0 Å². The number of carbonyl (C=O) groups excluding carboxylic acids is 1. The van der Waals surface area contributed by atoms with Gasteiger partial charge in [0.15, 0.2) is 0 Å². The van der Waals surface area contributed by atoms with E-state index in [1.807, 2.05) is 47.4 Å². The number of hydrogen-bond acceptors (Lipinski definition) is 4. The van der Waals surface area contributed by atoms with Gasteiger partial charge in [0.1, 0.15) is 12.7 Å². The summed E-state index contributed by atoms with van der Waals surface area (Å²) in [4.78, 5) is 14.9. The van der Waals surface area contributed by atoms with Gasteiger partial charge in [0.2, 0.25) is 0 Å². The van der Waals surface area contributed by atoms with Crippen molar-refractivity contribution in [1.29, 1.82) is 0 Å². The van der Waals surface area contributed by atoms with Gasteiger partial charge in [-0.2, -0.15) is 0 Å². The van der Waals surface area contributed by atoms with Gasteiger partial charge in [-0.1, -0.05) is 30.3 Å². The standard InChI is InChI=1S/C20H21N5O/c21-10-17-11-24(12-19(17)15-4-2-1-3-5-15)20(26)16-6-8-18(9-7-16)25-13-22-23-14-25/h1-9,13-14,17,19H,10-12,21H2/t17-,19+/m1/s1. The molecule has 0 unspecified atom stereocenters. The van der Waals surface area contributed by atoms with Gasteiger partial charge in [0.25, 0.3) is 5.91 Å². The zero-order chi connectivity index (χ0) is 17.9. The molecular formula is C20H21N5O. The van der Waals surface area contributed by atoms with Gasteiger partial charge in [-0.05, 0) is 42.3 Å². The number of likely N-dealkylation sites (tertiary alicyclic amines) is 1. The normalized spacial score (nSPS) is 19.7. The first-order valence-electron chi connectivity index (χ1n) is 8.75. The summed E-state index contributed by atoms with van der Waals surface area (Å²) in [6.45, 7) is 1.98. The zero-order valence-electron chi connectivity index (χ0n) is 14.4. The molecule has 26 heavy (non-hydrogen) atoms. The Bertz CT molecular complexity index is 861. The molecule has 0 aliphatic carbocycles. The molecule has 0 spiro atoms. The molecule has 132 valence electrons. The third-order valence-corrected chi connectivity index (χ3v) is 5.09. The van der Waals surface area contributed by atoms with Crippen LogP contribution in [-0.4, -0.2) is 45.2 Å². The number of carbonyl (C=O) groups is 1. The van der Waals surface area contributed by atoms with Crippen LogP contribution in [0.4, 0.5) is 0 Å². The second-order valence-corrected chi connectivity index (χ2v) is 6.64. The highest BCUT2D eigenvalue weighted by Crippen LogP contribution is 2.32. The van der Waals surface area contributed by atoms with Gasteiger partial charge in [-0.25, -0.2) is 0 Å². The van der Waals surface area contributed by atoms with Crippen LogP contribution in [-0.2, 0) is 0 Å². The first kappa shape index (κ1) is 16.5. The van der Waals surface area contributed by atoms with Crippen LogP contribution in [0.15, 0.2) is 67.3 Å².